The molecule has 2 aromatic carbocycles. The molecule has 0 spiro atoms. The maximum Gasteiger partial charge on any atom is 0.255 e. The smallest absolute Gasteiger partial charge is 0.255 e. The van der Waals surface area contributed by atoms with E-state index < -0.39 is 57.9 Å². The fourth-order valence-corrected chi connectivity index (χ4v) is 6.51. The summed E-state index contributed by atoms with van der Waals surface area (Å²) in [6.45, 7) is 2.14. The van der Waals surface area contributed by atoms with Crippen LogP contribution in [-0.4, -0.2) is 69.0 Å². The van der Waals surface area contributed by atoms with Crippen molar-refractivity contribution in [2.45, 2.75) is 31.8 Å². The summed E-state index contributed by atoms with van der Waals surface area (Å²) < 4.78 is 0. The van der Waals surface area contributed by atoms with Crippen molar-refractivity contribution in [3.8, 4) is 17.6 Å². The summed E-state index contributed by atoms with van der Waals surface area (Å²) in [7, 11) is 3.41. The molecule has 3 aliphatic rings. The summed E-state index contributed by atoms with van der Waals surface area (Å²) >= 11 is 0. The van der Waals surface area contributed by atoms with Crippen LogP contribution in [0.1, 0.15) is 41.2 Å². The van der Waals surface area contributed by atoms with Crippen LogP contribution >= 0.6 is 0 Å². The molecule has 9 heteroatoms. The van der Waals surface area contributed by atoms with Crippen LogP contribution in [0.3, 0.4) is 0 Å². The monoisotopic (exact) mass is 556 g/mol. The van der Waals surface area contributed by atoms with Gasteiger partial charge in [0.1, 0.15) is 22.8 Å². The number of phenols is 1. The third-order valence-electron chi connectivity index (χ3n) is 8.46. The lowest BCUT2D eigenvalue weighted by molar-refractivity contribution is -0.153. The van der Waals surface area contributed by atoms with Gasteiger partial charge in [-0.25, -0.2) is 0 Å². The van der Waals surface area contributed by atoms with Crippen molar-refractivity contribution < 1.29 is 34.8 Å². The summed E-state index contributed by atoms with van der Waals surface area (Å²) in [6, 6.07) is 10.8. The molecule has 0 saturated heterocycles. The number of carbonyl (C=O) groups is 3. The number of aliphatic hydroxyl groups is 3. The van der Waals surface area contributed by atoms with Crippen LogP contribution in [0.4, 0.5) is 0 Å². The minimum atomic E-state index is -2.65. The minimum absolute atomic E-state index is 0.0241. The number of hydrogen-bond donors (Lipinski definition) is 5. The standard InChI is InChI=1S/C32H32N2O7/c1-4-16-6-5-7-17(12-16)8-9-18-10-11-23(35)25-20(18)13-19-14-22-21(15-34(2)3)27(36)26(31(33)40)30(39)32(22,41)29(38)24(19)28(25)37/h5-7,10-12,19,21-22,35,37,39,41H,4,13-15H2,1-3H3,(H2,33,40)/t19?,21?,22?,32-/m0/s1. The molecular weight excluding hydrogens is 524 g/mol. The molecule has 0 bridgehead atoms. The van der Waals surface area contributed by atoms with Crippen molar-refractivity contribution >= 4 is 23.2 Å². The Morgan fingerprint density at radius 1 is 1.12 bits per heavy atom. The van der Waals surface area contributed by atoms with Gasteiger partial charge in [0.2, 0.25) is 5.78 Å². The Morgan fingerprint density at radius 2 is 1.85 bits per heavy atom. The van der Waals surface area contributed by atoms with E-state index in [0.717, 1.165) is 17.5 Å². The van der Waals surface area contributed by atoms with Gasteiger partial charge in [-0.2, -0.15) is 0 Å². The van der Waals surface area contributed by atoms with Crippen molar-refractivity contribution in [2.75, 3.05) is 20.6 Å². The first-order chi connectivity index (χ1) is 19.4. The Labute approximate surface area is 237 Å². The molecule has 6 N–H and O–H groups in total. The quantitative estimate of drug-likeness (QED) is 0.283. The number of nitrogens with zero attached hydrogens (tertiary/aromatic N) is 1. The van der Waals surface area contributed by atoms with Crippen molar-refractivity contribution in [2.24, 2.45) is 23.5 Å². The van der Waals surface area contributed by atoms with E-state index >= 15 is 0 Å². The number of carbonyl (C=O) groups excluding carboxylic acids is 3. The predicted molar refractivity (Wildman–Crippen MR) is 151 cm³/mol. The van der Waals surface area contributed by atoms with E-state index in [4.69, 9.17) is 5.73 Å². The number of aromatic hydroxyl groups is 1. The molecule has 9 nitrogen and oxygen atoms in total. The van der Waals surface area contributed by atoms with Gasteiger partial charge >= 0.3 is 0 Å². The first-order valence-corrected chi connectivity index (χ1v) is 13.5. The van der Waals surface area contributed by atoms with Crippen molar-refractivity contribution in [3.05, 3.63) is 81.1 Å². The number of benzene rings is 2. The number of nitrogens with two attached hydrogens (primary N) is 1. The highest BCUT2D eigenvalue weighted by molar-refractivity contribution is 6.23. The number of ketones is 2. The lowest BCUT2D eigenvalue weighted by atomic mass is 9.56. The van der Waals surface area contributed by atoms with Crippen LogP contribution in [0.15, 0.2) is 53.3 Å². The molecule has 0 heterocycles. The molecule has 3 unspecified atom stereocenters. The van der Waals surface area contributed by atoms with Crippen LogP contribution in [-0.2, 0) is 27.2 Å². The Hall–Kier alpha value is -4.39. The second-order valence-electron chi connectivity index (χ2n) is 11.2. The van der Waals surface area contributed by atoms with Gasteiger partial charge in [0.15, 0.2) is 11.4 Å². The molecule has 3 aliphatic carbocycles. The number of hydrogen-bond acceptors (Lipinski definition) is 8. The fraction of sp³-hybridized carbons (Fsp3) is 0.344. The summed E-state index contributed by atoms with van der Waals surface area (Å²) in [5.74, 6) is -1.39. The zero-order chi connectivity index (χ0) is 29.8. The number of Topliss-reactive ketones (excluding diaryl/α,β-unsaturated/α-hetero) is 2. The molecular formula is C32H32N2O7. The molecule has 41 heavy (non-hydrogen) atoms. The molecule has 1 fully saturated rings. The Bertz CT molecular complexity index is 1620. The van der Waals surface area contributed by atoms with E-state index in [1.807, 2.05) is 24.3 Å². The highest BCUT2D eigenvalue weighted by Crippen LogP contribution is 2.53. The Morgan fingerprint density at radius 3 is 2.51 bits per heavy atom. The fourth-order valence-electron chi connectivity index (χ4n) is 6.51. The van der Waals surface area contributed by atoms with Gasteiger partial charge in [-0.15, -0.1) is 0 Å². The highest BCUT2D eigenvalue weighted by atomic mass is 16.3. The van der Waals surface area contributed by atoms with Gasteiger partial charge in [-0.1, -0.05) is 30.9 Å². The number of amides is 1. The molecule has 1 saturated carbocycles. The van der Waals surface area contributed by atoms with Crippen LogP contribution in [0.25, 0.3) is 5.76 Å². The van der Waals surface area contributed by atoms with Crippen LogP contribution < -0.4 is 5.73 Å². The van der Waals surface area contributed by atoms with E-state index in [1.54, 1.807) is 25.1 Å². The zero-order valence-corrected chi connectivity index (χ0v) is 23.1. The second kappa shape index (κ2) is 10.2. The van der Waals surface area contributed by atoms with Crippen LogP contribution in [0.2, 0.25) is 0 Å². The topological polar surface area (TPSA) is 161 Å². The average Bonchev–Trinajstić information content (AvgIpc) is 2.92. The van der Waals surface area contributed by atoms with E-state index in [9.17, 15) is 34.8 Å². The highest BCUT2D eigenvalue weighted by Gasteiger charge is 2.63. The molecule has 0 aliphatic heterocycles. The van der Waals surface area contributed by atoms with Gasteiger partial charge in [-0.05, 0) is 74.7 Å². The second-order valence-corrected chi connectivity index (χ2v) is 11.2. The lowest BCUT2D eigenvalue weighted by Crippen LogP contribution is -2.62. The SMILES string of the molecule is CCc1cccc(C#Cc2ccc(O)c3c2CC2CC4C(CN(C)C)C(=O)C(C(N)=O)=C(O)[C@@]4(O)C(=O)C2=C3O)c1. The summed E-state index contributed by atoms with van der Waals surface area (Å²) in [5, 5.41) is 44.9. The number of aliphatic hydroxyl groups excluding tert-OH is 2. The summed E-state index contributed by atoms with van der Waals surface area (Å²) in [6.07, 6.45) is 1.09. The number of aryl methyl sites for hydroxylation is 1. The number of primary amides is 1. The largest absolute Gasteiger partial charge is 0.508 e. The van der Waals surface area contributed by atoms with Crippen molar-refractivity contribution in [1.82, 2.24) is 4.90 Å². The van der Waals surface area contributed by atoms with Gasteiger partial charge in [0.25, 0.3) is 5.91 Å². The molecule has 5 rings (SSSR count). The average molecular weight is 557 g/mol. The van der Waals surface area contributed by atoms with E-state index in [-0.39, 0.29) is 36.3 Å². The normalized spacial score (nSPS) is 25.3. The summed E-state index contributed by atoms with van der Waals surface area (Å²) in [4.78, 5) is 41.1. The minimum Gasteiger partial charge on any atom is -0.508 e. The third kappa shape index (κ3) is 4.40. The van der Waals surface area contributed by atoms with Crippen LogP contribution in [0, 0.1) is 29.6 Å². The Kier molecular flexibility index (Phi) is 7.02. The van der Waals surface area contributed by atoms with Gasteiger partial charge in [0.05, 0.1) is 5.56 Å². The van der Waals surface area contributed by atoms with Crippen LogP contribution in [0.5, 0.6) is 5.75 Å². The van der Waals surface area contributed by atoms with Crippen molar-refractivity contribution in [1.29, 1.82) is 0 Å². The predicted octanol–water partition coefficient (Wildman–Crippen LogP) is 2.17. The maximum absolute atomic E-state index is 14.0. The van der Waals surface area contributed by atoms with E-state index in [2.05, 4.69) is 18.8 Å². The van der Waals surface area contributed by atoms with E-state index in [0.29, 0.717) is 11.1 Å². The van der Waals surface area contributed by atoms with Gasteiger partial charge in [-0.3, -0.25) is 14.4 Å². The maximum atomic E-state index is 14.0. The number of rotatable bonds is 4. The van der Waals surface area contributed by atoms with Crippen molar-refractivity contribution in [3.63, 3.8) is 0 Å². The molecule has 0 radical (unpaired) electrons. The lowest BCUT2D eigenvalue weighted by Gasteiger charge is -2.49. The van der Waals surface area contributed by atoms with Gasteiger partial charge < -0.3 is 31.1 Å². The first kappa shape index (κ1) is 28.1. The molecule has 2 aromatic rings. The first-order valence-electron chi connectivity index (χ1n) is 13.5. The number of fused-ring (bicyclic) bond motifs is 3. The molecule has 0 aromatic heterocycles. The third-order valence-corrected chi connectivity index (χ3v) is 8.46. The molecule has 212 valence electrons. The molecule has 1 amide bonds. The summed E-state index contributed by atoms with van der Waals surface area (Å²) in [5.41, 5.74) is 4.81. The molecule has 4 atom stereocenters. The zero-order valence-electron chi connectivity index (χ0n) is 23.1. The Balaban J connectivity index is 1.66. The van der Waals surface area contributed by atoms with Gasteiger partial charge in [0, 0.05) is 35.1 Å². The van der Waals surface area contributed by atoms with E-state index in [1.165, 1.54) is 6.07 Å². The number of phenolic OH excluding ortho intramolecular Hbond substituents is 1.